The fraction of sp³-hybridized carbons (Fsp3) is 0.222. The Morgan fingerprint density at radius 3 is 2.43 bits per heavy atom. The van der Waals surface area contributed by atoms with Crippen LogP contribution >= 0.6 is 7.91 Å². The predicted molar refractivity (Wildman–Crippen MR) is 50.1 cm³/mol. The molecule has 0 atom stereocenters. The fourth-order valence-corrected chi connectivity index (χ4v) is 1.42. The first-order valence-electron chi connectivity index (χ1n) is 3.94. The molecule has 0 aliphatic heterocycles. The van der Waals surface area contributed by atoms with Gasteiger partial charge in [0.05, 0.1) is 0 Å². The van der Waals surface area contributed by atoms with Crippen molar-refractivity contribution in [2.24, 2.45) is 0 Å². The molecular weight excluding hydrogens is 203 g/mol. The molecule has 1 rings (SSSR count). The molecule has 5 heteroatoms. The van der Waals surface area contributed by atoms with Gasteiger partial charge in [0.1, 0.15) is 5.75 Å². The summed E-state index contributed by atoms with van der Waals surface area (Å²) in [6, 6.07) is 4.59. The molecule has 0 saturated carbocycles. The maximum absolute atomic E-state index is 11.0. The highest BCUT2D eigenvalue weighted by molar-refractivity contribution is 7.25. The zero-order chi connectivity index (χ0) is 10.7. The monoisotopic (exact) mass is 212 g/mol. The number of aryl methyl sites for hydroxylation is 1. The standard InChI is InChI=1S/C9H9O4P/c1-6-5-8(7(2)10)3-4-9(6)13-14(11)12/h3-5H,1-2H3. The van der Waals surface area contributed by atoms with E-state index in [1.165, 1.54) is 19.1 Å². The third-order valence-corrected chi connectivity index (χ3v) is 2.10. The van der Waals surface area contributed by atoms with Gasteiger partial charge in [-0.2, -0.15) is 9.13 Å². The Morgan fingerprint density at radius 1 is 1.36 bits per heavy atom. The smallest absolute Gasteiger partial charge is 0.387 e. The summed E-state index contributed by atoms with van der Waals surface area (Å²) in [4.78, 5) is 11.0. The van der Waals surface area contributed by atoms with E-state index in [0.717, 1.165) is 0 Å². The van der Waals surface area contributed by atoms with Crippen LogP contribution in [0.2, 0.25) is 0 Å². The summed E-state index contributed by atoms with van der Waals surface area (Å²) < 4.78 is 25.1. The van der Waals surface area contributed by atoms with Crippen LogP contribution in [0.15, 0.2) is 18.2 Å². The minimum absolute atomic E-state index is 0.0637. The Morgan fingerprint density at radius 2 is 2.00 bits per heavy atom. The van der Waals surface area contributed by atoms with Crippen molar-refractivity contribution in [3.05, 3.63) is 29.3 Å². The van der Waals surface area contributed by atoms with Crippen molar-refractivity contribution in [2.45, 2.75) is 13.8 Å². The summed E-state index contributed by atoms with van der Waals surface area (Å²) >= 11 is 0. The fourth-order valence-electron chi connectivity index (χ4n) is 1.05. The van der Waals surface area contributed by atoms with Crippen LogP contribution in [0.5, 0.6) is 5.75 Å². The van der Waals surface area contributed by atoms with Crippen LogP contribution in [0.1, 0.15) is 22.8 Å². The van der Waals surface area contributed by atoms with E-state index < -0.39 is 7.91 Å². The summed E-state index contributed by atoms with van der Waals surface area (Å²) in [6.45, 7) is 3.13. The van der Waals surface area contributed by atoms with Crippen LogP contribution in [0.3, 0.4) is 0 Å². The Kier molecular flexibility index (Phi) is 3.20. The molecule has 0 aliphatic carbocycles. The SMILES string of the molecule is CC(=O)c1ccc(OP(=O)=O)c(C)c1. The average Bonchev–Trinajstić information content (AvgIpc) is 2.07. The molecule has 0 bridgehead atoms. The molecule has 1 aromatic rings. The van der Waals surface area contributed by atoms with Gasteiger partial charge in [-0.25, -0.2) is 0 Å². The summed E-state index contributed by atoms with van der Waals surface area (Å²) in [5, 5.41) is 0. The first-order chi connectivity index (χ1) is 6.50. The van der Waals surface area contributed by atoms with E-state index in [-0.39, 0.29) is 11.5 Å². The predicted octanol–water partition coefficient (Wildman–Crippen LogP) is 2.66. The zero-order valence-electron chi connectivity index (χ0n) is 7.81. The number of Topliss-reactive ketones (excluding diaryl/α,β-unsaturated/α-hetero) is 1. The van der Waals surface area contributed by atoms with Crippen molar-refractivity contribution in [1.29, 1.82) is 0 Å². The van der Waals surface area contributed by atoms with Crippen LogP contribution in [0.4, 0.5) is 0 Å². The average molecular weight is 212 g/mol. The van der Waals surface area contributed by atoms with Crippen molar-refractivity contribution in [3.63, 3.8) is 0 Å². The molecule has 0 aromatic heterocycles. The van der Waals surface area contributed by atoms with E-state index in [0.29, 0.717) is 11.1 Å². The summed E-state index contributed by atoms with van der Waals surface area (Å²) in [5.41, 5.74) is 1.16. The van der Waals surface area contributed by atoms with Gasteiger partial charge >= 0.3 is 7.91 Å². The zero-order valence-corrected chi connectivity index (χ0v) is 8.71. The minimum Gasteiger partial charge on any atom is -0.387 e. The third kappa shape index (κ3) is 2.54. The quantitative estimate of drug-likeness (QED) is 0.570. The number of benzene rings is 1. The second-order valence-electron chi connectivity index (χ2n) is 2.85. The lowest BCUT2D eigenvalue weighted by molar-refractivity contribution is 0.101. The highest BCUT2D eigenvalue weighted by Crippen LogP contribution is 2.24. The molecule has 0 aliphatic rings. The van der Waals surface area contributed by atoms with Crippen molar-refractivity contribution >= 4 is 13.7 Å². The lowest BCUT2D eigenvalue weighted by atomic mass is 10.1. The first-order valence-corrected chi connectivity index (χ1v) is 5.04. The minimum atomic E-state index is -2.90. The second kappa shape index (κ2) is 4.20. The number of carbonyl (C=O) groups excluding carboxylic acids is 1. The van der Waals surface area contributed by atoms with Gasteiger partial charge in [-0.05, 0) is 37.6 Å². The largest absolute Gasteiger partial charge is 0.529 e. The number of rotatable bonds is 3. The van der Waals surface area contributed by atoms with Crippen LogP contribution in [-0.2, 0) is 9.13 Å². The van der Waals surface area contributed by atoms with Crippen molar-refractivity contribution in [1.82, 2.24) is 0 Å². The van der Waals surface area contributed by atoms with E-state index in [4.69, 9.17) is 0 Å². The van der Waals surface area contributed by atoms with Gasteiger partial charge in [0.15, 0.2) is 5.78 Å². The van der Waals surface area contributed by atoms with E-state index in [9.17, 15) is 13.9 Å². The molecule has 0 spiro atoms. The van der Waals surface area contributed by atoms with Crippen molar-refractivity contribution in [2.75, 3.05) is 0 Å². The molecular formula is C9H9O4P. The van der Waals surface area contributed by atoms with Gasteiger partial charge in [-0.1, -0.05) is 0 Å². The van der Waals surface area contributed by atoms with Crippen LogP contribution in [0.25, 0.3) is 0 Å². The Labute approximate surface area is 81.8 Å². The van der Waals surface area contributed by atoms with Crippen LogP contribution < -0.4 is 4.52 Å². The van der Waals surface area contributed by atoms with E-state index in [1.807, 2.05) is 0 Å². The van der Waals surface area contributed by atoms with E-state index in [1.54, 1.807) is 13.0 Å². The molecule has 0 radical (unpaired) electrons. The molecule has 14 heavy (non-hydrogen) atoms. The molecule has 0 amide bonds. The first kappa shape index (κ1) is 10.7. The molecule has 74 valence electrons. The summed E-state index contributed by atoms with van der Waals surface area (Å²) in [5.74, 6) is 0.192. The molecule has 4 nitrogen and oxygen atoms in total. The van der Waals surface area contributed by atoms with Crippen molar-refractivity contribution < 1.29 is 18.4 Å². The van der Waals surface area contributed by atoms with Gasteiger partial charge in [-0.3, -0.25) is 4.79 Å². The molecule has 0 unspecified atom stereocenters. The highest BCUT2D eigenvalue weighted by Gasteiger charge is 2.05. The number of hydrogen-bond donors (Lipinski definition) is 0. The maximum Gasteiger partial charge on any atom is 0.529 e. The van der Waals surface area contributed by atoms with Crippen molar-refractivity contribution in [3.8, 4) is 5.75 Å². The topological polar surface area (TPSA) is 60.4 Å². The lowest BCUT2D eigenvalue weighted by Gasteiger charge is -2.02. The van der Waals surface area contributed by atoms with Crippen LogP contribution in [-0.4, -0.2) is 5.78 Å². The van der Waals surface area contributed by atoms with Gasteiger partial charge in [0.2, 0.25) is 0 Å². The maximum atomic E-state index is 11.0. The molecule has 0 fully saturated rings. The lowest BCUT2D eigenvalue weighted by Crippen LogP contribution is -1.93. The van der Waals surface area contributed by atoms with Gasteiger partial charge in [-0.15, -0.1) is 0 Å². The Bertz CT molecular complexity index is 426. The third-order valence-electron chi connectivity index (χ3n) is 1.75. The number of ketones is 1. The van der Waals surface area contributed by atoms with Crippen LogP contribution in [0, 0.1) is 6.92 Å². The van der Waals surface area contributed by atoms with Gasteiger partial charge < -0.3 is 4.52 Å². The van der Waals surface area contributed by atoms with Gasteiger partial charge in [0, 0.05) is 5.56 Å². The highest BCUT2D eigenvalue weighted by atomic mass is 31.1. The molecule has 0 N–H and O–H groups in total. The molecule has 0 heterocycles. The van der Waals surface area contributed by atoms with E-state index >= 15 is 0 Å². The second-order valence-corrected chi connectivity index (χ2v) is 3.48. The summed E-state index contributed by atoms with van der Waals surface area (Å²) in [7, 11) is -2.90. The van der Waals surface area contributed by atoms with E-state index in [2.05, 4.69) is 4.52 Å². The summed E-state index contributed by atoms with van der Waals surface area (Å²) in [6.07, 6.45) is 0. The Balaban J connectivity index is 3.07. The Hall–Kier alpha value is -1.41. The number of hydrogen-bond acceptors (Lipinski definition) is 4. The molecule has 1 aromatic carbocycles. The normalized spacial score (nSPS) is 9.57. The number of carbonyl (C=O) groups is 1. The van der Waals surface area contributed by atoms with Gasteiger partial charge in [0.25, 0.3) is 0 Å². The molecule has 0 saturated heterocycles.